The summed E-state index contributed by atoms with van der Waals surface area (Å²) in [4.78, 5) is 15.7. The molecule has 1 aromatic rings. The zero-order valence-corrected chi connectivity index (χ0v) is 18.1. The van der Waals surface area contributed by atoms with Gasteiger partial charge in [-0.2, -0.15) is 0 Å². The van der Waals surface area contributed by atoms with Crippen molar-refractivity contribution in [3.8, 4) is 0 Å². The van der Waals surface area contributed by atoms with Crippen molar-refractivity contribution >= 4 is 17.3 Å². The lowest BCUT2D eigenvalue weighted by molar-refractivity contribution is 0.0173. The van der Waals surface area contributed by atoms with Crippen LogP contribution in [0.5, 0.6) is 0 Å². The van der Waals surface area contributed by atoms with Crippen molar-refractivity contribution in [2.75, 3.05) is 46.3 Å². The van der Waals surface area contributed by atoms with E-state index in [-0.39, 0.29) is 5.54 Å². The summed E-state index contributed by atoms with van der Waals surface area (Å²) in [6.45, 7) is 11.6. The summed E-state index contributed by atoms with van der Waals surface area (Å²) in [6.07, 6.45) is 8.48. The average Bonchev–Trinajstić information content (AvgIpc) is 3.11. The van der Waals surface area contributed by atoms with E-state index in [2.05, 4.69) is 46.3 Å². The number of aliphatic imine (C=N–C) groups is 1. The van der Waals surface area contributed by atoms with Crippen LogP contribution in [0.1, 0.15) is 48.9 Å². The van der Waals surface area contributed by atoms with Gasteiger partial charge in [0.25, 0.3) is 0 Å². The maximum absolute atomic E-state index is 4.79. The maximum atomic E-state index is 4.79. The standard InChI is InChI=1S/C20H36N6S/c1-4-21-19(23-15-18-22-14-17(2)27-18)24-16-20(8-12-25(3)13-9-20)26-10-6-5-7-11-26/h14H,4-13,15-16H2,1-3H3,(H2,21,23,24). The minimum atomic E-state index is 0.265. The first-order chi connectivity index (χ1) is 13.1. The zero-order valence-electron chi connectivity index (χ0n) is 17.3. The van der Waals surface area contributed by atoms with Crippen LogP contribution in [0, 0.1) is 6.92 Å². The lowest BCUT2D eigenvalue weighted by Gasteiger charge is -2.50. The third-order valence-corrected chi connectivity index (χ3v) is 6.81. The largest absolute Gasteiger partial charge is 0.357 e. The van der Waals surface area contributed by atoms with Crippen LogP contribution in [0.2, 0.25) is 0 Å². The second kappa shape index (κ2) is 9.85. The fourth-order valence-corrected chi connectivity index (χ4v) is 4.93. The van der Waals surface area contributed by atoms with Gasteiger partial charge in [0.05, 0.1) is 6.54 Å². The molecule has 3 rings (SSSR count). The summed E-state index contributed by atoms with van der Waals surface area (Å²) in [5.74, 6) is 0.917. The molecule has 2 fully saturated rings. The van der Waals surface area contributed by atoms with Gasteiger partial charge in [-0.25, -0.2) is 9.98 Å². The van der Waals surface area contributed by atoms with Gasteiger partial charge in [0.15, 0.2) is 5.96 Å². The van der Waals surface area contributed by atoms with Gasteiger partial charge in [0.1, 0.15) is 5.01 Å². The molecule has 3 heterocycles. The summed E-state index contributed by atoms with van der Waals surface area (Å²) in [7, 11) is 2.25. The van der Waals surface area contributed by atoms with Gasteiger partial charge < -0.3 is 15.5 Å². The SMILES string of the molecule is CCNC(=NCc1ncc(C)s1)NCC1(N2CCCCC2)CCN(C)CC1. The zero-order chi connectivity index (χ0) is 19.1. The normalized spacial score (nSPS) is 22.0. The Kier molecular flexibility index (Phi) is 7.49. The molecule has 1 aromatic heterocycles. The Morgan fingerprint density at radius 1 is 1.19 bits per heavy atom. The number of nitrogens with zero attached hydrogens (tertiary/aromatic N) is 4. The molecule has 7 heteroatoms. The van der Waals surface area contributed by atoms with E-state index in [4.69, 9.17) is 4.99 Å². The van der Waals surface area contributed by atoms with Gasteiger partial charge in [0.2, 0.25) is 0 Å². The first-order valence-electron chi connectivity index (χ1n) is 10.5. The van der Waals surface area contributed by atoms with Crippen LogP contribution in [0.15, 0.2) is 11.2 Å². The van der Waals surface area contributed by atoms with Crippen molar-refractivity contribution in [1.82, 2.24) is 25.4 Å². The second-order valence-electron chi connectivity index (χ2n) is 7.99. The molecule has 2 aliphatic heterocycles. The second-order valence-corrected chi connectivity index (χ2v) is 9.31. The molecular weight excluding hydrogens is 356 g/mol. The number of guanidine groups is 1. The lowest BCUT2D eigenvalue weighted by atomic mass is 9.84. The predicted molar refractivity (Wildman–Crippen MR) is 115 cm³/mol. The molecule has 6 nitrogen and oxygen atoms in total. The van der Waals surface area contributed by atoms with E-state index in [0.29, 0.717) is 6.54 Å². The maximum Gasteiger partial charge on any atom is 0.191 e. The number of aryl methyl sites for hydroxylation is 1. The first-order valence-corrected chi connectivity index (χ1v) is 11.3. The molecule has 0 saturated carbocycles. The molecule has 0 aliphatic carbocycles. The van der Waals surface area contributed by atoms with Gasteiger partial charge in [0, 0.05) is 29.7 Å². The van der Waals surface area contributed by atoms with Gasteiger partial charge in [-0.1, -0.05) is 6.42 Å². The minimum Gasteiger partial charge on any atom is -0.357 e. The Morgan fingerprint density at radius 2 is 1.93 bits per heavy atom. The number of aromatic nitrogens is 1. The smallest absolute Gasteiger partial charge is 0.191 e. The number of nitrogens with one attached hydrogen (secondary N) is 2. The molecule has 0 spiro atoms. The molecule has 0 unspecified atom stereocenters. The van der Waals surface area contributed by atoms with Crippen LogP contribution in [-0.4, -0.2) is 72.6 Å². The Morgan fingerprint density at radius 3 is 2.56 bits per heavy atom. The van der Waals surface area contributed by atoms with Crippen LogP contribution in [-0.2, 0) is 6.54 Å². The summed E-state index contributed by atoms with van der Waals surface area (Å²) in [5.41, 5.74) is 0.265. The Bertz CT molecular complexity index is 599. The van der Waals surface area contributed by atoms with Crippen LogP contribution < -0.4 is 10.6 Å². The molecule has 152 valence electrons. The molecule has 27 heavy (non-hydrogen) atoms. The van der Waals surface area contributed by atoms with Crippen molar-refractivity contribution in [1.29, 1.82) is 0 Å². The van der Waals surface area contributed by atoms with E-state index in [1.165, 1.54) is 63.2 Å². The fraction of sp³-hybridized carbons (Fsp3) is 0.800. The van der Waals surface area contributed by atoms with Crippen molar-refractivity contribution in [3.05, 3.63) is 16.1 Å². The highest BCUT2D eigenvalue weighted by Gasteiger charge is 2.39. The van der Waals surface area contributed by atoms with Crippen molar-refractivity contribution in [3.63, 3.8) is 0 Å². The molecule has 2 N–H and O–H groups in total. The summed E-state index contributed by atoms with van der Waals surface area (Å²) in [6, 6.07) is 0. The predicted octanol–water partition coefficient (Wildman–Crippen LogP) is 2.46. The number of thiazole rings is 1. The highest BCUT2D eigenvalue weighted by atomic mass is 32.1. The third kappa shape index (κ3) is 5.65. The van der Waals surface area contributed by atoms with Gasteiger partial charge in [-0.15, -0.1) is 11.3 Å². The monoisotopic (exact) mass is 392 g/mol. The van der Waals surface area contributed by atoms with Crippen molar-refractivity contribution < 1.29 is 0 Å². The highest BCUT2D eigenvalue weighted by Crippen LogP contribution is 2.30. The summed E-state index contributed by atoms with van der Waals surface area (Å²) in [5, 5.41) is 8.17. The summed E-state index contributed by atoms with van der Waals surface area (Å²) < 4.78 is 0. The molecule has 0 atom stereocenters. The molecule has 2 aliphatic rings. The minimum absolute atomic E-state index is 0.265. The topological polar surface area (TPSA) is 55.8 Å². The fourth-order valence-electron chi connectivity index (χ4n) is 4.22. The van der Waals surface area contributed by atoms with Gasteiger partial charge in [-0.3, -0.25) is 4.90 Å². The van der Waals surface area contributed by atoms with Gasteiger partial charge in [-0.05, 0) is 72.8 Å². The Balaban J connectivity index is 1.65. The number of likely N-dealkylation sites (tertiary alicyclic amines) is 2. The number of hydrogen-bond acceptors (Lipinski definition) is 5. The molecule has 0 bridgehead atoms. The highest BCUT2D eigenvalue weighted by molar-refractivity contribution is 7.11. The number of piperidine rings is 2. The molecule has 0 aromatic carbocycles. The molecule has 2 saturated heterocycles. The van der Waals surface area contributed by atoms with Crippen LogP contribution in [0.3, 0.4) is 0 Å². The molecule has 0 amide bonds. The van der Waals surface area contributed by atoms with E-state index >= 15 is 0 Å². The third-order valence-electron chi connectivity index (χ3n) is 5.92. The number of rotatable bonds is 6. The van der Waals surface area contributed by atoms with E-state index in [9.17, 15) is 0 Å². The van der Waals surface area contributed by atoms with Crippen molar-refractivity contribution in [2.45, 2.75) is 58.0 Å². The van der Waals surface area contributed by atoms with Crippen LogP contribution >= 0.6 is 11.3 Å². The average molecular weight is 393 g/mol. The number of hydrogen-bond donors (Lipinski definition) is 2. The van der Waals surface area contributed by atoms with Crippen LogP contribution in [0.25, 0.3) is 0 Å². The molecular formula is C20H36N6S. The molecule has 0 radical (unpaired) electrons. The Labute approximate surface area is 168 Å². The quantitative estimate of drug-likeness (QED) is 0.575. The van der Waals surface area contributed by atoms with E-state index in [1.807, 2.05) is 6.20 Å². The van der Waals surface area contributed by atoms with E-state index in [1.54, 1.807) is 11.3 Å². The van der Waals surface area contributed by atoms with Gasteiger partial charge >= 0.3 is 0 Å². The van der Waals surface area contributed by atoms with Crippen LogP contribution in [0.4, 0.5) is 0 Å². The lowest BCUT2D eigenvalue weighted by Crippen LogP contribution is -2.62. The Hall–Kier alpha value is -1.18. The van der Waals surface area contributed by atoms with E-state index < -0.39 is 0 Å². The first kappa shape index (κ1) is 20.6. The van der Waals surface area contributed by atoms with E-state index in [0.717, 1.165) is 24.1 Å². The van der Waals surface area contributed by atoms with Crippen molar-refractivity contribution in [2.24, 2.45) is 4.99 Å². The summed E-state index contributed by atoms with van der Waals surface area (Å²) >= 11 is 1.73.